The van der Waals surface area contributed by atoms with E-state index in [1.165, 1.54) is 41.0 Å². The van der Waals surface area contributed by atoms with Crippen LogP contribution in [0.1, 0.15) is 0 Å². The predicted octanol–water partition coefficient (Wildman–Crippen LogP) is 2.71. The molecule has 0 atom stereocenters. The fourth-order valence-electron chi connectivity index (χ4n) is 2.09. The summed E-state index contributed by atoms with van der Waals surface area (Å²) in [6.45, 7) is 0.0487. The van der Waals surface area contributed by atoms with Crippen LogP contribution in [0.25, 0.3) is 11.1 Å². The SMILES string of the molecule is O=c1oc2cc([N+](=O)[O-])ccc2n1CNc1cccc(F)c1. The molecule has 0 saturated heterocycles. The molecule has 0 unspecified atom stereocenters. The first kappa shape index (κ1) is 13.8. The summed E-state index contributed by atoms with van der Waals surface area (Å²) >= 11 is 0. The van der Waals surface area contributed by atoms with Gasteiger partial charge >= 0.3 is 5.76 Å². The number of anilines is 1. The van der Waals surface area contributed by atoms with E-state index >= 15 is 0 Å². The maximum Gasteiger partial charge on any atom is 0.421 e. The number of halogens is 1. The summed E-state index contributed by atoms with van der Waals surface area (Å²) < 4.78 is 19.4. The third-order valence-corrected chi connectivity index (χ3v) is 3.13. The van der Waals surface area contributed by atoms with Gasteiger partial charge in [0.25, 0.3) is 5.69 Å². The van der Waals surface area contributed by atoms with Gasteiger partial charge < -0.3 is 9.73 Å². The maximum absolute atomic E-state index is 13.1. The molecule has 3 rings (SSSR count). The lowest BCUT2D eigenvalue weighted by molar-refractivity contribution is -0.384. The van der Waals surface area contributed by atoms with Crippen LogP contribution in [-0.4, -0.2) is 9.49 Å². The molecule has 112 valence electrons. The van der Waals surface area contributed by atoms with Crippen LogP contribution in [0.15, 0.2) is 51.7 Å². The van der Waals surface area contributed by atoms with Crippen LogP contribution < -0.4 is 11.1 Å². The first-order valence-corrected chi connectivity index (χ1v) is 6.32. The largest absolute Gasteiger partial charge is 0.421 e. The van der Waals surface area contributed by atoms with E-state index in [9.17, 15) is 19.3 Å². The van der Waals surface area contributed by atoms with E-state index in [-0.39, 0.29) is 17.9 Å². The quantitative estimate of drug-likeness (QED) is 0.591. The Balaban J connectivity index is 1.92. The Morgan fingerprint density at radius 1 is 1.27 bits per heavy atom. The molecule has 0 fully saturated rings. The molecule has 3 aromatic rings. The van der Waals surface area contributed by atoms with E-state index in [4.69, 9.17) is 4.42 Å². The molecule has 0 amide bonds. The Morgan fingerprint density at radius 2 is 2.09 bits per heavy atom. The zero-order valence-corrected chi connectivity index (χ0v) is 11.2. The van der Waals surface area contributed by atoms with Gasteiger partial charge in [-0.1, -0.05) is 6.07 Å². The van der Waals surface area contributed by atoms with Crippen molar-refractivity contribution in [1.82, 2.24) is 4.57 Å². The number of hydrogen-bond acceptors (Lipinski definition) is 5. The molecule has 2 aromatic carbocycles. The van der Waals surface area contributed by atoms with Crippen LogP contribution in [0.4, 0.5) is 15.8 Å². The molecule has 0 bridgehead atoms. The summed E-state index contributed by atoms with van der Waals surface area (Å²) in [5.41, 5.74) is 0.884. The van der Waals surface area contributed by atoms with Crippen LogP contribution in [0.2, 0.25) is 0 Å². The van der Waals surface area contributed by atoms with Crippen molar-refractivity contribution < 1.29 is 13.7 Å². The van der Waals surface area contributed by atoms with Gasteiger partial charge in [0.15, 0.2) is 5.58 Å². The Bertz CT molecular complexity index is 916. The molecule has 0 spiro atoms. The van der Waals surface area contributed by atoms with Crippen molar-refractivity contribution in [1.29, 1.82) is 0 Å². The molecule has 1 heterocycles. The number of non-ortho nitro benzene ring substituents is 1. The average Bonchev–Trinajstić information content (AvgIpc) is 2.79. The number of oxazole rings is 1. The van der Waals surface area contributed by atoms with Crippen molar-refractivity contribution in [3.63, 3.8) is 0 Å². The van der Waals surface area contributed by atoms with Crippen molar-refractivity contribution in [2.45, 2.75) is 6.67 Å². The summed E-state index contributed by atoms with van der Waals surface area (Å²) in [6.07, 6.45) is 0. The number of fused-ring (bicyclic) bond motifs is 1. The maximum atomic E-state index is 13.1. The van der Waals surface area contributed by atoms with E-state index in [1.54, 1.807) is 6.07 Å². The third kappa shape index (κ3) is 2.53. The lowest BCUT2D eigenvalue weighted by Crippen LogP contribution is -2.19. The highest BCUT2D eigenvalue weighted by atomic mass is 19.1. The lowest BCUT2D eigenvalue weighted by Gasteiger charge is -2.06. The van der Waals surface area contributed by atoms with Crippen molar-refractivity contribution >= 4 is 22.5 Å². The summed E-state index contributed by atoms with van der Waals surface area (Å²) in [5.74, 6) is -1.05. The van der Waals surface area contributed by atoms with E-state index in [0.29, 0.717) is 11.2 Å². The Morgan fingerprint density at radius 3 is 2.82 bits per heavy atom. The average molecular weight is 303 g/mol. The van der Waals surface area contributed by atoms with Gasteiger partial charge in [-0.15, -0.1) is 0 Å². The number of nitrogens with one attached hydrogen (secondary N) is 1. The van der Waals surface area contributed by atoms with Gasteiger partial charge in [0.1, 0.15) is 5.82 Å². The molecule has 0 saturated carbocycles. The highest BCUT2D eigenvalue weighted by molar-refractivity contribution is 5.75. The summed E-state index contributed by atoms with van der Waals surface area (Å²) in [7, 11) is 0. The number of nitro groups is 1. The highest BCUT2D eigenvalue weighted by Crippen LogP contribution is 2.20. The number of nitrogens with zero attached hydrogens (tertiary/aromatic N) is 2. The molecule has 1 N–H and O–H groups in total. The van der Waals surface area contributed by atoms with Crippen molar-refractivity contribution in [3.8, 4) is 0 Å². The number of nitro benzene ring substituents is 1. The van der Waals surface area contributed by atoms with Crippen molar-refractivity contribution in [3.05, 3.63) is 68.9 Å². The standard InChI is InChI=1S/C14H10FN3O4/c15-9-2-1-3-10(6-9)16-8-17-12-5-4-11(18(20)21)7-13(12)22-14(17)19/h1-7,16H,8H2. The second kappa shape index (κ2) is 5.32. The van der Waals surface area contributed by atoms with Gasteiger partial charge in [-0.25, -0.2) is 9.18 Å². The molecule has 0 aliphatic heterocycles. The van der Waals surface area contributed by atoms with Gasteiger partial charge in [-0.3, -0.25) is 14.7 Å². The Hall–Kier alpha value is -3.16. The predicted molar refractivity (Wildman–Crippen MR) is 77.2 cm³/mol. The zero-order chi connectivity index (χ0) is 15.7. The number of aromatic nitrogens is 1. The van der Waals surface area contributed by atoms with Crippen LogP contribution in [0, 0.1) is 15.9 Å². The molecule has 0 aliphatic carbocycles. The van der Waals surface area contributed by atoms with Crippen LogP contribution in [-0.2, 0) is 6.67 Å². The summed E-state index contributed by atoms with van der Waals surface area (Å²) in [5, 5.41) is 13.6. The minimum absolute atomic E-state index is 0.0487. The number of benzene rings is 2. The molecule has 8 heteroatoms. The second-order valence-corrected chi connectivity index (χ2v) is 4.55. The third-order valence-electron chi connectivity index (χ3n) is 3.13. The lowest BCUT2D eigenvalue weighted by atomic mass is 10.3. The molecule has 1 aromatic heterocycles. The topological polar surface area (TPSA) is 90.3 Å². The zero-order valence-electron chi connectivity index (χ0n) is 11.2. The molecule has 0 radical (unpaired) electrons. The highest BCUT2D eigenvalue weighted by Gasteiger charge is 2.13. The normalized spacial score (nSPS) is 10.8. The smallest absolute Gasteiger partial charge is 0.407 e. The van der Waals surface area contributed by atoms with E-state index in [1.807, 2.05) is 0 Å². The fraction of sp³-hybridized carbons (Fsp3) is 0.0714. The van der Waals surface area contributed by atoms with Gasteiger partial charge in [0.05, 0.1) is 23.2 Å². The van der Waals surface area contributed by atoms with Gasteiger partial charge in [-0.2, -0.15) is 0 Å². The monoisotopic (exact) mass is 303 g/mol. The van der Waals surface area contributed by atoms with Gasteiger partial charge in [0.2, 0.25) is 0 Å². The fourth-order valence-corrected chi connectivity index (χ4v) is 2.09. The molecular formula is C14H10FN3O4. The Labute approximate surface area is 122 Å². The first-order chi connectivity index (χ1) is 10.5. The summed E-state index contributed by atoms with van der Waals surface area (Å²) in [4.78, 5) is 22.0. The van der Waals surface area contributed by atoms with Gasteiger partial charge in [-0.05, 0) is 24.3 Å². The molecule has 7 nitrogen and oxygen atoms in total. The second-order valence-electron chi connectivity index (χ2n) is 4.55. The van der Waals surface area contributed by atoms with E-state index in [0.717, 1.165) is 0 Å². The molecular weight excluding hydrogens is 293 g/mol. The number of hydrogen-bond donors (Lipinski definition) is 1. The number of rotatable bonds is 4. The Kier molecular flexibility index (Phi) is 3.34. The first-order valence-electron chi connectivity index (χ1n) is 6.32. The minimum atomic E-state index is -0.653. The van der Waals surface area contributed by atoms with Crippen molar-refractivity contribution in [2.24, 2.45) is 0 Å². The van der Waals surface area contributed by atoms with E-state index < -0.39 is 16.5 Å². The summed E-state index contributed by atoms with van der Waals surface area (Å²) in [6, 6.07) is 9.71. The molecule has 0 aliphatic rings. The van der Waals surface area contributed by atoms with Crippen molar-refractivity contribution in [2.75, 3.05) is 5.32 Å². The molecule has 22 heavy (non-hydrogen) atoms. The van der Waals surface area contributed by atoms with E-state index in [2.05, 4.69) is 5.32 Å². The van der Waals surface area contributed by atoms with Crippen LogP contribution in [0.5, 0.6) is 0 Å². The van der Waals surface area contributed by atoms with Gasteiger partial charge in [0, 0.05) is 11.8 Å². The van der Waals surface area contributed by atoms with Crippen LogP contribution >= 0.6 is 0 Å². The van der Waals surface area contributed by atoms with Crippen LogP contribution in [0.3, 0.4) is 0 Å². The minimum Gasteiger partial charge on any atom is -0.407 e.